The van der Waals surface area contributed by atoms with E-state index in [1.165, 1.54) is 24.3 Å². The fourth-order valence-corrected chi connectivity index (χ4v) is 1.80. The molecule has 0 fully saturated rings. The number of carboxylic acid groups (broad SMARTS) is 1. The zero-order chi connectivity index (χ0) is 16.8. The molecule has 0 radical (unpaired) electrons. The van der Waals surface area contributed by atoms with Crippen molar-refractivity contribution in [3.05, 3.63) is 82.9 Å². The molecule has 0 bridgehead atoms. The Bertz CT molecular complexity index is 790. The summed E-state index contributed by atoms with van der Waals surface area (Å²) in [5.41, 5.74) is 1.48. The van der Waals surface area contributed by atoms with Crippen LogP contribution in [0.2, 0.25) is 0 Å². The molecule has 116 valence electrons. The fourth-order valence-electron chi connectivity index (χ4n) is 1.80. The molecular formula is C18H12F2O3. The minimum Gasteiger partial charge on any atom is -0.478 e. The highest BCUT2D eigenvalue weighted by Crippen LogP contribution is 2.12. The van der Waals surface area contributed by atoms with Crippen LogP contribution in [0.1, 0.15) is 21.5 Å². The van der Waals surface area contributed by atoms with Gasteiger partial charge in [-0.2, -0.15) is 0 Å². The van der Waals surface area contributed by atoms with Crippen LogP contribution in [0.3, 0.4) is 0 Å². The van der Waals surface area contributed by atoms with Gasteiger partial charge in [0.25, 0.3) is 0 Å². The van der Waals surface area contributed by atoms with E-state index >= 15 is 0 Å². The summed E-state index contributed by atoms with van der Waals surface area (Å²) < 4.78 is 25.9. The Hall–Kier alpha value is -3.08. The minimum atomic E-state index is -1.07. The van der Waals surface area contributed by atoms with Crippen LogP contribution in [-0.4, -0.2) is 16.9 Å². The van der Waals surface area contributed by atoms with Gasteiger partial charge in [0, 0.05) is 11.6 Å². The van der Waals surface area contributed by atoms with Crippen LogP contribution >= 0.6 is 0 Å². The number of hydrogen-bond acceptors (Lipinski definition) is 2. The number of carbonyl (C=O) groups is 2. The Morgan fingerprint density at radius 1 is 0.826 bits per heavy atom. The van der Waals surface area contributed by atoms with E-state index in [0.717, 1.165) is 18.2 Å². The summed E-state index contributed by atoms with van der Waals surface area (Å²) in [5, 5.41) is 8.53. The van der Waals surface area contributed by atoms with E-state index in [9.17, 15) is 18.4 Å². The third kappa shape index (κ3) is 4.71. The molecule has 0 saturated carbocycles. The number of aliphatic carboxylic acids is 1. The number of halogens is 2. The second kappa shape index (κ2) is 7.26. The number of carbonyl (C=O) groups excluding carboxylic acids is 1. The third-order valence-electron chi connectivity index (χ3n) is 2.99. The highest BCUT2D eigenvalue weighted by atomic mass is 19.2. The molecule has 0 spiro atoms. The number of benzene rings is 2. The van der Waals surface area contributed by atoms with Gasteiger partial charge in [-0.15, -0.1) is 0 Å². The number of hydrogen-bond donors (Lipinski definition) is 1. The molecule has 0 unspecified atom stereocenters. The average Bonchev–Trinajstić information content (AvgIpc) is 2.54. The summed E-state index contributed by atoms with van der Waals surface area (Å²) in [7, 11) is 0. The van der Waals surface area contributed by atoms with Crippen molar-refractivity contribution in [3.63, 3.8) is 0 Å². The first-order chi connectivity index (χ1) is 11.0. The minimum absolute atomic E-state index is 0.0566. The van der Waals surface area contributed by atoms with Crippen molar-refractivity contribution in [2.75, 3.05) is 0 Å². The van der Waals surface area contributed by atoms with Crippen molar-refractivity contribution in [3.8, 4) is 0 Å². The van der Waals surface area contributed by atoms with Gasteiger partial charge in [-0.25, -0.2) is 13.6 Å². The number of allylic oxidation sites excluding steroid dienone is 1. The standard InChI is InChI=1S/C18H12F2O3/c19-15-8-7-14(11-16(15)20)17(21)9-5-12-1-3-13(4-2-12)6-10-18(22)23/h1-11H,(H,22,23). The molecule has 0 aliphatic rings. The van der Waals surface area contributed by atoms with Crippen molar-refractivity contribution < 1.29 is 23.5 Å². The Balaban J connectivity index is 2.08. The molecule has 0 atom stereocenters. The van der Waals surface area contributed by atoms with Gasteiger partial charge in [-0.05, 0) is 41.5 Å². The first-order valence-electron chi connectivity index (χ1n) is 6.64. The van der Waals surface area contributed by atoms with Gasteiger partial charge in [-0.1, -0.05) is 30.3 Å². The topological polar surface area (TPSA) is 54.4 Å². The van der Waals surface area contributed by atoms with Crippen LogP contribution < -0.4 is 0 Å². The van der Waals surface area contributed by atoms with Gasteiger partial charge < -0.3 is 5.11 Å². The van der Waals surface area contributed by atoms with Gasteiger partial charge in [-0.3, -0.25) is 4.79 Å². The molecule has 0 heterocycles. The van der Waals surface area contributed by atoms with Crippen LogP contribution in [-0.2, 0) is 4.79 Å². The molecule has 0 aliphatic carbocycles. The van der Waals surface area contributed by atoms with Gasteiger partial charge in [0.05, 0.1) is 0 Å². The predicted octanol–water partition coefficient (Wildman–Crippen LogP) is 3.96. The number of carboxylic acids is 1. The van der Waals surface area contributed by atoms with Crippen LogP contribution in [0.4, 0.5) is 8.78 Å². The van der Waals surface area contributed by atoms with Crippen molar-refractivity contribution in [1.29, 1.82) is 0 Å². The molecule has 3 nitrogen and oxygen atoms in total. The highest BCUT2D eigenvalue weighted by Gasteiger charge is 2.06. The monoisotopic (exact) mass is 314 g/mol. The molecule has 2 aromatic rings. The molecule has 2 aromatic carbocycles. The van der Waals surface area contributed by atoms with E-state index in [1.54, 1.807) is 24.3 Å². The van der Waals surface area contributed by atoms with E-state index in [4.69, 9.17) is 5.11 Å². The Morgan fingerprint density at radius 2 is 1.39 bits per heavy atom. The lowest BCUT2D eigenvalue weighted by molar-refractivity contribution is -0.131. The highest BCUT2D eigenvalue weighted by molar-refractivity contribution is 6.06. The lowest BCUT2D eigenvalue weighted by Crippen LogP contribution is -1.96. The summed E-state index contributed by atoms with van der Waals surface area (Å²) in [4.78, 5) is 22.3. The van der Waals surface area contributed by atoms with Crippen molar-refractivity contribution in [2.24, 2.45) is 0 Å². The van der Waals surface area contributed by atoms with Gasteiger partial charge in [0.15, 0.2) is 17.4 Å². The Kier molecular flexibility index (Phi) is 5.15. The SMILES string of the molecule is O=C(O)C=Cc1ccc(C=CC(=O)c2ccc(F)c(F)c2)cc1. The summed E-state index contributed by atoms with van der Waals surface area (Å²) >= 11 is 0. The molecule has 2 rings (SSSR count). The smallest absolute Gasteiger partial charge is 0.328 e. The second-order valence-electron chi connectivity index (χ2n) is 4.66. The number of ketones is 1. The quantitative estimate of drug-likeness (QED) is 0.671. The molecule has 5 heteroatoms. The second-order valence-corrected chi connectivity index (χ2v) is 4.66. The summed E-state index contributed by atoms with van der Waals surface area (Å²) in [5.74, 6) is -3.56. The maximum Gasteiger partial charge on any atom is 0.328 e. The molecule has 0 aromatic heterocycles. The van der Waals surface area contributed by atoms with E-state index in [1.807, 2.05) is 0 Å². The molecule has 0 aliphatic heterocycles. The first kappa shape index (κ1) is 16.3. The normalized spacial score (nSPS) is 11.2. The van der Waals surface area contributed by atoms with E-state index < -0.39 is 23.4 Å². The predicted molar refractivity (Wildman–Crippen MR) is 82.8 cm³/mol. The maximum absolute atomic E-state index is 13.1. The third-order valence-corrected chi connectivity index (χ3v) is 2.99. The first-order valence-corrected chi connectivity index (χ1v) is 6.64. The van der Waals surface area contributed by atoms with Gasteiger partial charge >= 0.3 is 5.97 Å². The largest absolute Gasteiger partial charge is 0.478 e. The number of rotatable bonds is 5. The lowest BCUT2D eigenvalue weighted by Gasteiger charge is -1.98. The Morgan fingerprint density at radius 3 is 1.91 bits per heavy atom. The zero-order valence-electron chi connectivity index (χ0n) is 11.9. The van der Waals surface area contributed by atoms with Crippen LogP contribution in [0, 0.1) is 11.6 Å². The zero-order valence-corrected chi connectivity index (χ0v) is 11.9. The van der Waals surface area contributed by atoms with Gasteiger partial charge in [0.1, 0.15) is 0 Å². The molecular weight excluding hydrogens is 302 g/mol. The summed E-state index contributed by atoms with van der Waals surface area (Å²) in [6.07, 6.45) is 5.27. The summed E-state index contributed by atoms with van der Waals surface area (Å²) in [6, 6.07) is 9.77. The van der Waals surface area contributed by atoms with E-state index in [2.05, 4.69) is 0 Å². The molecule has 0 amide bonds. The van der Waals surface area contributed by atoms with E-state index in [0.29, 0.717) is 11.1 Å². The molecule has 0 saturated heterocycles. The van der Waals surface area contributed by atoms with Crippen LogP contribution in [0.25, 0.3) is 12.2 Å². The van der Waals surface area contributed by atoms with E-state index in [-0.39, 0.29) is 5.56 Å². The van der Waals surface area contributed by atoms with Crippen molar-refractivity contribution in [2.45, 2.75) is 0 Å². The van der Waals surface area contributed by atoms with Crippen molar-refractivity contribution >= 4 is 23.9 Å². The van der Waals surface area contributed by atoms with Gasteiger partial charge in [0.2, 0.25) is 0 Å². The Labute approximate surface area is 131 Å². The van der Waals surface area contributed by atoms with Crippen molar-refractivity contribution in [1.82, 2.24) is 0 Å². The maximum atomic E-state index is 13.1. The molecule has 1 N–H and O–H groups in total. The molecule has 23 heavy (non-hydrogen) atoms. The summed E-state index contributed by atoms with van der Waals surface area (Å²) in [6.45, 7) is 0. The van der Waals surface area contributed by atoms with Crippen LogP contribution in [0.15, 0.2) is 54.6 Å². The van der Waals surface area contributed by atoms with Crippen LogP contribution in [0.5, 0.6) is 0 Å². The average molecular weight is 314 g/mol. The fraction of sp³-hybridized carbons (Fsp3) is 0. The lowest BCUT2D eigenvalue weighted by atomic mass is 10.1.